The SMILES string of the molecule is CCN(CC)C1(C(=O)O)CCCC(C)(C)CC1. The Morgan fingerprint density at radius 2 is 1.71 bits per heavy atom. The zero-order chi connectivity index (χ0) is 13.1. The molecule has 17 heavy (non-hydrogen) atoms. The molecule has 0 heterocycles. The summed E-state index contributed by atoms with van der Waals surface area (Å²) >= 11 is 0. The number of aliphatic carboxylic acids is 1. The van der Waals surface area contributed by atoms with Crippen molar-refractivity contribution in [3.05, 3.63) is 0 Å². The van der Waals surface area contributed by atoms with Gasteiger partial charge in [-0.05, 0) is 44.2 Å². The van der Waals surface area contributed by atoms with Gasteiger partial charge in [0.1, 0.15) is 5.54 Å². The number of carboxylic acid groups (broad SMARTS) is 1. The molecule has 0 bridgehead atoms. The molecule has 1 aliphatic rings. The predicted octanol–water partition coefficient (Wildman–Crippen LogP) is 3.14. The first kappa shape index (κ1) is 14.5. The summed E-state index contributed by atoms with van der Waals surface area (Å²) in [6, 6.07) is 0. The molecule has 1 atom stereocenters. The molecule has 0 radical (unpaired) electrons. The molecule has 1 N–H and O–H groups in total. The summed E-state index contributed by atoms with van der Waals surface area (Å²) in [7, 11) is 0. The first-order valence-corrected chi connectivity index (χ1v) is 6.86. The van der Waals surface area contributed by atoms with E-state index in [1.54, 1.807) is 0 Å². The van der Waals surface area contributed by atoms with Crippen LogP contribution in [-0.2, 0) is 4.79 Å². The van der Waals surface area contributed by atoms with Crippen LogP contribution >= 0.6 is 0 Å². The van der Waals surface area contributed by atoms with Gasteiger partial charge in [-0.3, -0.25) is 9.69 Å². The van der Waals surface area contributed by atoms with Crippen LogP contribution < -0.4 is 0 Å². The van der Waals surface area contributed by atoms with E-state index in [9.17, 15) is 9.90 Å². The smallest absolute Gasteiger partial charge is 0.324 e. The van der Waals surface area contributed by atoms with Crippen molar-refractivity contribution in [1.29, 1.82) is 0 Å². The van der Waals surface area contributed by atoms with Gasteiger partial charge in [0, 0.05) is 0 Å². The van der Waals surface area contributed by atoms with Crippen LogP contribution in [0.25, 0.3) is 0 Å². The van der Waals surface area contributed by atoms with E-state index in [0.717, 1.165) is 45.2 Å². The molecular weight excluding hydrogens is 214 g/mol. The fourth-order valence-electron chi connectivity index (χ4n) is 3.15. The molecule has 1 aliphatic carbocycles. The van der Waals surface area contributed by atoms with E-state index in [2.05, 4.69) is 32.6 Å². The van der Waals surface area contributed by atoms with Crippen molar-refractivity contribution < 1.29 is 9.90 Å². The molecule has 3 nitrogen and oxygen atoms in total. The minimum Gasteiger partial charge on any atom is -0.480 e. The molecule has 1 rings (SSSR count). The molecule has 1 saturated carbocycles. The van der Waals surface area contributed by atoms with Gasteiger partial charge in [0.15, 0.2) is 0 Å². The van der Waals surface area contributed by atoms with Crippen LogP contribution in [0.15, 0.2) is 0 Å². The Kier molecular flexibility index (Phi) is 4.59. The summed E-state index contributed by atoms with van der Waals surface area (Å²) in [6.07, 6.45) is 4.76. The second kappa shape index (κ2) is 5.38. The predicted molar refractivity (Wildman–Crippen MR) is 70.2 cm³/mol. The Morgan fingerprint density at radius 1 is 1.12 bits per heavy atom. The summed E-state index contributed by atoms with van der Waals surface area (Å²) < 4.78 is 0. The largest absolute Gasteiger partial charge is 0.480 e. The van der Waals surface area contributed by atoms with Crippen LogP contribution in [0.4, 0.5) is 0 Å². The third-order valence-electron chi connectivity index (χ3n) is 4.43. The van der Waals surface area contributed by atoms with Crippen LogP contribution in [0.5, 0.6) is 0 Å². The van der Waals surface area contributed by atoms with E-state index in [0.29, 0.717) is 5.41 Å². The van der Waals surface area contributed by atoms with Crippen molar-refractivity contribution in [2.45, 2.75) is 65.3 Å². The zero-order valence-corrected chi connectivity index (χ0v) is 11.8. The van der Waals surface area contributed by atoms with Crippen LogP contribution in [0.2, 0.25) is 0 Å². The van der Waals surface area contributed by atoms with Gasteiger partial charge in [-0.15, -0.1) is 0 Å². The molecule has 1 fully saturated rings. The molecule has 0 amide bonds. The molecule has 0 aromatic carbocycles. The number of hydrogen-bond acceptors (Lipinski definition) is 2. The monoisotopic (exact) mass is 241 g/mol. The minimum absolute atomic E-state index is 0.296. The molecule has 0 spiro atoms. The van der Waals surface area contributed by atoms with E-state index < -0.39 is 11.5 Å². The average molecular weight is 241 g/mol. The lowest BCUT2D eigenvalue weighted by Crippen LogP contribution is -2.54. The first-order chi connectivity index (χ1) is 7.88. The van der Waals surface area contributed by atoms with Gasteiger partial charge in [-0.1, -0.05) is 34.1 Å². The Bertz CT molecular complexity index is 271. The van der Waals surface area contributed by atoms with Gasteiger partial charge >= 0.3 is 5.97 Å². The molecule has 0 aromatic heterocycles. The zero-order valence-electron chi connectivity index (χ0n) is 11.8. The quantitative estimate of drug-likeness (QED) is 0.769. The summed E-state index contributed by atoms with van der Waals surface area (Å²) in [5.41, 5.74) is -0.318. The number of hydrogen-bond donors (Lipinski definition) is 1. The molecule has 0 aliphatic heterocycles. The van der Waals surface area contributed by atoms with Gasteiger partial charge < -0.3 is 5.11 Å². The highest BCUT2D eigenvalue weighted by Gasteiger charge is 2.45. The summed E-state index contributed by atoms with van der Waals surface area (Å²) in [4.78, 5) is 13.9. The molecule has 1 unspecified atom stereocenters. The van der Waals surface area contributed by atoms with E-state index in [4.69, 9.17) is 0 Å². The summed E-state index contributed by atoms with van der Waals surface area (Å²) in [6.45, 7) is 10.3. The maximum Gasteiger partial charge on any atom is 0.324 e. The molecule has 0 saturated heterocycles. The van der Waals surface area contributed by atoms with Crippen LogP contribution in [0, 0.1) is 5.41 Å². The third-order valence-corrected chi connectivity index (χ3v) is 4.43. The van der Waals surface area contributed by atoms with Gasteiger partial charge in [-0.2, -0.15) is 0 Å². The van der Waals surface area contributed by atoms with Crippen molar-refractivity contribution in [2.24, 2.45) is 5.41 Å². The van der Waals surface area contributed by atoms with Gasteiger partial charge in [0.2, 0.25) is 0 Å². The van der Waals surface area contributed by atoms with Crippen molar-refractivity contribution in [3.63, 3.8) is 0 Å². The van der Waals surface area contributed by atoms with E-state index in [1.165, 1.54) is 0 Å². The molecular formula is C14H27NO2. The van der Waals surface area contributed by atoms with Gasteiger partial charge in [0.05, 0.1) is 0 Å². The van der Waals surface area contributed by atoms with Crippen molar-refractivity contribution in [3.8, 4) is 0 Å². The Balaban J connectivity index is 2.96. The number of carboxylic acids is 1. The average Bonchev–Trinajstić information content (AvgIpc) is 2.40. The Labute approximate surface area is 105 Å². The lowest BCUT2D eigenvalue weighted by atomic mass is 9.83. The summed E-state index contributed by atoms with van der Waals surface area (Å²) in [5.74, 6) is -0.626. The van der Waals surface area contributed by atoms with Gasteiger partial charge in [0.25, 0.3) is 0 Å². The topological polar surface area (TPSA) is 40.5 Å². The number of likely N-dealkylation sites (N-methyl/N-ethyl adjacent to an activating group) is 1. The first-order valence-electron chi connectivity index (χ1n) is 6.86. The van der Waals surface area contributed by atoms with Crippen molar-refractivity contribution in [2.75, 3.05) is 13.1 Å². The summed E-state index contributed by atoms with van der Waals surface area (Å²) in [5, 5.41) is 9.67. The lowest BCUT2D eigenvalue weighted by Gasteiger charge is -2.39. The van der Waals surface area contributed by atoms with E-state index in [-0.39, 0.29) is 0 Å². The van der Waals surface area contributed by atoms with Crippen molar-refractivity contribution in [1.82, 2.24) is 4.90 Å². The fourth-order valence-corrected chi connectivity index (χ4v) is 3.15. The highest BCUT2D eigenvalue weighted by atomic mass is 16.4. The maximum atomic E-state index is 11.8. The second-order valence-electron chi connectivity index (χ2n) is 6.03. The maximum absolute atomic E-state index is 11.8. The third kappa shape index (κ3) is 3.01. The number of nitrogens with zero attached hydrogens (tertiary/aromatic N) is 1. The Morgan fingerprint density at radius 3 is 2.18 bits per heavy atom. The van der Waals surface area contributed by atoms with E-state index in [1.807, 2.05) is 0 Å². The highest BCUT2D eigenvalue weighted by Crippen LogP contribution is 2.40. The molecule has 0 aromatic rings. The second-order valence-corrected chi connectivity index (χ2v) is 6.03. The van der Waals surface area contributed by atoms with Gasteiger partial charge in [-0.25, -0.2) is 0 Å². The molecule has 3 heteroatoms. The highest BCUT2D eigenvalue weighted by molar-refractivity contribution is 5.78. The minimum atomic E-state index is -0.626. The van der Waals surface area contributed by atoms with Crippen LogP contribution in [0.3, 0.4) is 0 Å². The lowest BCUT2D eigenvalue weighted by molar-refractivity contribution is -0.152. The normalized spacial score (nSPS) is 29.0. The molecule has 100 valence electrons. The fraction of sp³-hybridized carbons (Fsp3) is 0.929. The number of carbonyl (C=O) groups is 1. The van der Waals surface area contributed by atoms with Crippen molar-refractivity contribution >= 4 is 5.97 Å². The standard InChI is InChI=1S/C14H27NO2/c1-5-15(6-2)14(12(16)17)9-7-8-13(3,4)10-11-14/h5-11H2,1-4H3,(H,16,17). The van der Waals surface area contributed by atoms with Crippen LogP contribution in [0.1, 0.15) is 59.8 Å². The van der Waals surface area contributed by atoms with Crippen LogP contribution in [-0.4, -0.2) is 34.6 Å². The van der Waals surface area contributed by atoms with E-state index >= 15 is 0 Å². The Hall–Kier alpha value is -0.570. The number of rotatable bonds is 4.